The number of aromatic nitrogens is 3. The van der Waals surface area contributed by atoms with Gasteiger partial charge in [0, 0.05) is 84.2 Å². The van der Waals surface area contributed by atoms with E-state index in [1.165, 1.54) is 5.56 Å². The van der Waals surface area contributed by atoms with Crippen LogP contribution in [0.15, 0.2) is 55.0 Å². The van der Waals surface area contributed by atoms with Gasteiger partial charge in [-0.25, -0.2) is 9.97 Å². The van der Waals surface area contributed by atoms with E-state index in [0.29, 0.717) is 12.2 Å². The Kier molecular flexibility index (Phi) is 5.37. The largest absolute Gasteiger partial charge is 0.354 e. The van der Waals surface area contributed by atoms with E-state index in [2.05, 4.69) is 57.5 Å². The Morgan fingerprint density at radius 3 is 2.43 bits per heavy atom. The van der Waals surface area contributed by atoms with Gasteiger partial charge in [-0.2, -0.15) is 0 Å². The number of aromatic amines is 1. The molecule has 5 heterocycles. The van der Waals surface area contributed by atoms with Crippen LogP contribution in [-0.2, 0) is 5.41 Å². The van der Waals surface area contributed by atoms with Gasteiger partial charge >= 0.3 is 0 Å². The summed E-state index contributed by atoms with van der Waals surface area (Å²) in [6, 6.07) is 12.9. The van der Waals surface area contributed by atoms with Crippen molar-refractivity contribution in [2.24, 2.45) is 0 Å². The van der Waals surface area contributed by atoms with Crippen LogP contribution in [-0.4, -0.2) is 72.0 Å². The number of piperidine rings is 1. The van der Waals surface area contributed by atoms with Gasteiger partial charge < -0.3 is 20.1 Å². The lowest BCUT2D eigenvalue weighted by Gasteiger charge is -2.34. The number of carbonyl (C=O) groups excluding carboxylic acids is 1. The number of likely N-dealkylation sites (N-methyl/N-ethyl adjacent to an activating group) is 1. The quantitative estimate of drug-likeness (QED) is 0.445. The predicted octanol–water partition coefficient (Wildman–Crippen LogP) is 4.25. The van der Waals surface area contributed by atoms with Gasteiger partial charge in [-0.3, -0.25) is 4.79 Å². The molecule has 4 aromatic rings. The van der Waals surface area contributed by atoms with E-state index in [-0.39, 0.29) is 5.41 Å². The second-order valence-corrected chi connectivity index (χ2v) is 10.9. The summed E-state index contributed by atoms with van der Waals surface area (Å²) in [5.41, 5.74) is 7.38. The van der Waals surface area contributed by atoms with Crippen molar-refractivity contribution in [3.8, 4) is 22.3 Å². The highest BCUT2D eigenvalue weighted by molar-refractivity contribution is 6.04. The van der Waals surface area contributed by atoms with Crippen molar-refractivity contribution < 1.29 is 4.79 Å². The van der Waals surface area contributed by atoms with Crippen molar-refractivity contribution in [3.63, 3.8) is 0 Å². The monoisotopic (exact) mass is 492 g/mol. The third-order valence-electron chi connectivity index (χ3n) is 8.70. The van der Waals surface area contributed by atoms with Crippen LogP contribution in [0, 0.1) is 0 Å². The number of hydrogen-bond donors (Lipinski definition) is 2. The molecule has 0 atom stereocenters. The lowest BCUT2D eigenvalue weighted by molar-refractivity contribution is 0.0964. The first-order valence-electron chi connectivity index (χ1n) is 13.4. The van der Waals surface area contributed by atoms with E-state index in [9.17, 15) is 4.79 Å². The molecule has 2 N–H and O–H groups in total. The Morgan fingerprint density at radius 1 is 0.865 bits per heavy atom. The van der Waals surface area contributed by atoms with Gasteiger partial charge in [0.2, 0.25) is 0 Å². The second-order valence-electron chi connectivity index (χ2n) is 10.9. The lowest BCUT2D eigenvalue weighted by Crippen LogP contribution is -2.44. The number of rotatable bonds is 3. The number of pyridine rings is 2. The van der Waals surface area contributed by atoms with Gasteiger partial charge in [0.25, 0.3) is 0 Å². The SMILES string of the molecule is CN1CCN(c2ccc(-c3cnc4[nH]cc(-c5ccc6c(c5)C5(CCNCC5)CC6=O)c4c3)cn2)CC1. The lowest BCUT2D eigenvalue weighted by atomic mass is 9.74. The highest BCUT2D eigenvalue weighted by atomic mass is 16.1. The molecule has 188 valence electrons. The van der Waals surface area contributed by atoms with Crippen LogP contribution in [0.5, 0.6) is 0 Å². The minimum atomic E-state index is -0.0135. The molecule has 0 bridgehead atoms. The Hall–Kier alpha value is -3.55. The summed E-state index contributed by atoms with van der Waals surface area (Å²) < 4.78 is 0. The highest BCUT2D eigenvalue weighted by Crippen LogP contribution is 2.46. The number of hydrogen-bond acceptors (Lipinski definition) is 6. The Bertz CT molecular complexity index is 1480. The molecule has 2 fully saturated rings. The van der Waals surface area contributed by atoms with Gasteiger partial charge in [0.1, 0.15) is 11.5 Å². The number of carbonyl (C=O) groups is 1. The molecule has 0 radical (unpaired) electrons. The normalized spacial score (nSPS) is 19.6. The fraction of sp³-hybridized carbons (Fsp3) is 0.367. The molecule has 2 aliphatic heterocycles. The van der Waals surface area contributed by atoms with Crippen molar-refractivity contribution in [3.05, 3.63) is 66.1 Å². The maximum atomic E-state index is 12.8. The molecular formula is C30H32N6O. The molecule has 7 heteroatoms. The first kappa shape index (κ1) is 22.6. The van der Waals surface area contributed by atoms with Gasteiger partial charge in [-0.05, 0) is 68.4 Å². The van der Waals surface area contributed by atoms with E-state index < -0.39 is 0 Å². The van der Waals surface area contributed by atoms with Crippen LogP contribution in [0.3, 0.4) is 0 Å². The summed E-state index contributed by atoms with van der Waals surface area (Å²) in [6.45, 7) is 6.09. The third-order valence-corrected chi connectivity index (χ3v) is 8.70. The summed E-state index contributed by atoms with van der Waals surface area (Å²) in [6.07, 6.45) is 8.61. The third kappa shape index (κ3) is 3.85. The van der Waals surface area contributed by atoms with Crippen LogP contribution in [0.2, 0.25) is 0 Å². The van der Waals surface area contributed by atoms with Crippen LogP contribution in [0.1, 0.15) is 35.2 Å². The molecular weight excluding hydrogens is 460 g/mol. The molecule has 3 aliphatic rings. The summed E-state index contributed by atoms with van der Waals surface area (Å²) in [4.78, 5) is 30.4. The van der Waals surface area contributed by atoms with Crippen LogP contribution < -0.4 is 10.2 Å². The molecule has 0 amide bonds. The van der Waals surface area contributed by atoms with Gasteiger partial charge in [-0.1, -0.05) is 12.1 Å². The number of Topliss-reactive ketones (excluding diaryl/α,β-unsaturated/α-hetero) is 1. The molecule has 7 rings (SSSR count). The van der Waals surface area contributed by atoms with Gasteiger partial charge in [-0.15, -0.1) is 0 Å². The standard InChI is InChI=1S/C30H32N6O/c1-35-10-12-36(13-11-35)28-5-3-21(17-32-28)22-14-24-25(19-34-29(24)33-18-22)20-2-4-23-26(15-20)30(16-27(23)37)6-8-31-9-7-30/h2-5,14-15,17-19,31H,6-13,16H2,1H3,(H,33,34). The molecule has 7 nitrogen and oxygen atoms in total. The molecule has 0 unspecified atom stereocenters. The van der Waals surface area contributed by atoms with E-state index in [0.717, 1.165) is 96.8 Å². The van der Waals surface area contributed by atoms with E-state index in [1.807, 2.05) is 24.7 Å². The van der Waals surface area contributed by atoms with Gasteiger partial charge in [0.15, 0.2) is 5.78 Å². The van der Waals surface area contributed by atoms with E-state index in [1.54, 1.807) is 0 Å². The molecule has 1 aliphatic carbocycles. The Balaban J connectivity index is 1.22. The van der Waals surface area contributed by atoms with Crippen LogP contribution in [0.25, 0.3) is 33.3 Å². The first-order chi connectivity index (χ1) is 18.1. The summed E-state index contributed by atoms with van der Waals surface area (Å²) in [5.74, 6) is 1.33. The van der Waals surface area contributed by atoms with E-state index in [4.69, 9.17) is 9.97 Å². The molecule has 0 saturated carbocycles. The minimum Gasteiger partial charge on any atom is -0.354 e. The maximum Gasteiger partial charge on any atom is 0.164 e. The molecule has 2 saturated heterocycles. The fourth-order valence-electron chi connectivity index (χ4n) is 6.42. The number of anilines is 1. The zero-order chi connectivity index (χ0) is 25.0. The van der Waals surface area contributed by atoms with Crippen molar-refractivity contribution in [1.29, 1.82) is 0 Å². The zero-order valence-electron chi connectivity index (χ0n) is 21.3. The molecule has 1 spiro atoms. The topological polar surface area (TPSA) is 77.1 Å². The Labute approximate surface area is 216 Å². The average molecular weight is 493 g/mol. The maximum absolute atomic E-state index is 12.8. The first-order valence-corrected chi connectivity index (χ1v) is 13.4. The predicted molar refractivity (Wildman–Crippen MR) is 147 cm³/mol. The average Bonchev–Trinajstić information content (AvgIpc) is 3.48. The van der Waals surface area contributed by atoms with Crippen molar-refractivity contribution in [1.82, 2.24) is 25.2 Å². The van der Waals surface area contributed by atoms with Gasteiger partial charge in [0.05, 0.1) is 0 Å². The van der Waals surface area contributed by atoms with E-state index >= 15 is 0 Å². The number of ketones is 1. The second kappa shape index (κ2) is 8.78. The number of nitrogens with one attached hydrogen (secondary N) is 2. The molecule has 37 heavy (non-hydrogen) atoms. The summed E-state index contributed by atoms with van der Waals surface area (Å²) >= 11 is 0. The van der Waals surface area contributed by atoms with Crippen molar-refractivity contribution in [2.75, 3.05) is 51.2 Å². The van der Waals surface area contributed by atoms with Crippen molar-refractivity contribution >= 4 is 22.6 Å². The minimum absolute atomic E-state index is 0.0135. The zero-order valence-corrected chi connectivity index (χ0v) is 21.3. The van der Waals surface area contributed by atoms with Crippen molar-refractivity contribution in [2.45, 2.75) is 24.7 Å². The number of benzene rings is 1. The fourth-order valence-corrected chi connectivity index (χ4v) is 6.42. The van der Waals surface area contributed by atoms with Crippen LogP contribution >= 0.6 is 0 Å². The highest BCUT2D eigenvalue weighted by Gasteiger charge is 2.43. The summed E-state index contributed by atoms with van der Waals surface area (Å²) in [7, 11) is 2.17. The smallest absolute Gasteiger partial charge is 0.164 e. The number of nitrogens with zero attached hydrogens (tertiary/aromatic N) is 4. The van der Waals surface area contributed by atoms with Crippen LogP contribution in [0.4, 0.5) is 5.82 Å². The summed E-state index contributed by atoms with van der Waals surface area (Å²) in [5, 5.41) is 4.55. The number of fused-ring (bicyclic) bond motifs is 3. The molecule has 1 aromatic carbocycles. The number of piperazine rings is 1. The molecule has 3 aromatic heterocycles. The number of H-pyrrole nitrogens is 1. The Morgan fingerprint density at radius 2 is 1.65 bits per heavy atom.